The summed E-state index contributed by atoms with van der Waals surface area (Å²) >= 11 is 1.34. The number of esters is 2. The van der Waals surface area contributed by atoms with Crippen molar-refractivity contribution in [3.8, 4) is 5.75 Å². The number of unbranched alkanes of at least 4 members (excludes halogenated alkanes) is 1. The number of aromatic nitrogens is 3. The van der Waals surface area contributed by atoms with Gasteiger partial charge in [-0.3, -0.25) is 18.8 Å². The first-order valence-electron chi connectivity index (χ1n) is 12.2. The Morgan fingerprint density at radius 2 is 1.86 bits per heavy atom. The van der Waals surface area contributed by atoms with Crippen molar-refractivity contribution >= 4 is 33.5 Å². The highest BCUT2D eigenvalue weighted by Crippen LogP contribution is 2.31. The third kappa shape index (κ3) is 6.26. The SMILES string of the molecule is CCCCOC(=O)Cn1cc(Cn2c(=O)c(OCc3ccccc3)c(C(=O)OCC)c3sccc32)cn1. The van der Waals surface area contributed by atoms with Gasteiger partial charge in [-0.15, -0.1) is 11.3 Å². The number of ether oxygens (including phenoxy) is 3. The number of nitrogens with zero attached hydrogens (tertiary/aromatic N) is 3. The van der Waals surface area contributed by atoms with Crippen LogP contribution in [0.1, 0.15) is 48.2 Å². The van der Waals surface area contributed by atoms with E-state index in [4.69, 9.17) is 14.2 Å². The maximum atomic E-state index is 13.7. The molecule has 0 N–H and O–H groups in total. The summed E-state index contributed by atoms with van der Waals surface area (Å²) in [6.07, 6.45) is 5.06. The van der Waals surface area contributed by atoms with Gasteiger partial charge in [-0.05, 0) is 30.4 Å². The van der Waals surface area contributed by atoms with E-state index in [2.05, 4.69) is 5.10 Å². The highest BCUT2D eigenvalue weighted by atomic mass is 32.1. The van der Waals surface area contributed by atoms with Crippen LogP contribution in [-0.2, 0) is 34.0 Å². The van der Waals surface area contributed by atoms with Gasteiger partial charge in [0.25, 0.3) is 5.56 Å². The number of thiophene rings is 1. The Bertz CT molecular complexity index is 1420. The first-order chi connectivity index (χ1) is 18.0. The van der Waals surface area contributed by atoms with Crippen LogP contribution in [0.5, 0.6) is 5.75 Å². The predicted octanol–water partition coefficient (Wildman–Crippen LogP) is 4.41. The van der Waals surface area contributed by atoms with Crippen molar-refractivity contribution < 1.29 is 23.8 Å². The average molecular weight is 524 g/mol. The first kappa shape index (κ1) is 26.2. The molecule has 4 rings (SSSR count). The molecule has 0 bridgehead atoms. The Balaban J connectivity index is 1.66. The van der Waals surface area contributed by atoms with Crippen LogP contribution in [0.25, 0.3) is 10.2 Å². The zero-order chi connectivity index (χ0) is 26.2. The number of pyridine rings is 1. The molecule has 194 valence electrons. The van der Waals surface area contributed by atoms with E-state index >= 15 is 0 Å². The van der Waals surface area contributed by atoms with Gasteiger partial charge in [0.15, 0.2) is 0 Å². The van der Waals surface area contributed by atoms with Gasteiger partial charge in [0.2, 0.25) is 5.75 Å². The van der Waals surface area contributed by atoms with Crippen molar-refractivity contribution in [2.75, 3.05) is 13.2 Å². The molecule has 4 aromatic rings. The van der Waals surface area contributed by atoms with Crippen LogP contribution in [-0.4, -0.2) is 39.5 Å². The van der Waals surface area contributed by atoms with Crippen LogP contribution in [0, 0.1) is 0 Å². The summed E-state index contributed by atoms with van der Waals surface area (Å²) in [5, 5.41) is 6.06. The molecule has 0 radical (unpaired) electrons. The summed E-state index contributed by atoms with van der Waals surface area (Å²) in [4.78, 5) is 38.7. The summed E-state index contributed by atoms with van der Waals surface area (Å²) in [6, 6.07) is 11.2. The normalized spacial score (nSPS) is 11.0. The first-order valence-corrected chi connectivity index (χ1v) is 13.0. The minimum Gasteiger partial charge on any atom is -0.482 e. The van der Waals surface area contributed by atoms with Crippen molar-refractivity contribution in [1.29, 1.82) is 0 Å². The van der Waals surface area contributed by atoms with Crippen molar-refractivity contribution in [3.05, 3.63) is 81.2 Å². The molecule has 9 nitrogen and oxygen atoms in total. The molecular formula is C27H29N3O6S. The summed E-state index contributed by atoms with van der Waals surface area (Å²) < 4.78 is 20.1. The monoisotopic (exact) mass is 523 g/mol. The molecule has 0 unspecified atom stereocenters. The van der Waals surface area contributed by atoms with Crippen LogP contribution in [0.15, 0.2) is 59.0 Å². The number of carbonyl (C=O) groups is 2. The fourth-order valence-electron chi connectivity index (χ4n) is 3.82. The average Bonchev–Trinajstić information content (AvgIpc) is 3.55. The van der Waals surface area contributed by atoms with Gasteiger partial charge < -0.3 is 14.2 Å². The zero-order valence-electron chi connectivity index (χ0n) is 20.8. The molecule has 37 heavy (non-hydrogen) atoms. The molecule has 0 spiro atoms. The Morgan fingerprint density at radius 3 is 2.62 bits per heavy atom. The van der Waals surface area contributed by atoms with Crippen molar-refractivity contribution in [2.45, 2.75) is 46.4 Å². The second-order valence-corrected chi connectivity index (χ2v) is 9.26. The van der Waals surface area contributed by atoms with Gasteiger partial charge in [-0.25, -0.2) is 4.79 Å². The lowest BCUT2D eigenvalue weighted by Crippen LogP contribution is -2.26. The molecular weight excluding hydrogens is 494 g/mol. The molecule has 1 aromatic carbocycles. The summed E-state index contributed by atoms with van der Waals surface area (Å²) in [7, 11) is 0. The van der Waals surface area contributed by atoms with Gasteiger partial charge in [-0.2, -0.15) is 5.10 Å². The second-order valence-electron chi connectivity index (χ2n) is 8.35. The Kier molecular flexibility index (Phi) is 8.73. The fourth-order valence-corrected chi connectivity index (χ4v) is 4.74. The summed E-state index contributed by atoms with van der Waals surface area (Å²) in [5.74, 6) is -1.02. The number of hydrogen-bond acceptors (Lipinski definition) is 8. The van der Waals surface area contributed by atoms with E-state index in [1.54, 1.807) is 30.0 Å². The fraction of sp³-hybridized carbons (Fsp3) is 0.333. The predicted molar refractivity (Wildman–Crippen MR) is 140 cm³/mol. The number of carbonyl (C=O) groups excluding carboxylic acids is 2. The van der Waals surface area contributed by atoms with Crippen LogP contribution in [0.2, 0.25) is 0 Å². The van der Waals surface area contributed by atoms with E-state index in [1.807, 2.05) is 42.6 Å². The third-order valence-electron chi connectivity index (χ3n) is 5.61. The van der Waals surface area contributed by atoms with E-state index in [0.717, 1.165) is 18.4 Å². The number of hydrogen-bond donors (Lipinski definition) is 0. The Hall–Kier alpha value is -3.92. The van der Waals surface area contributed by atoms with Crippen LogP contribution in [0.3, 0.4) is 0 Å². The molecule has 3 heterocycles. The lowest BCUT2D eigenvalue weighted by Gasteiger charge is -2.15. The largest absolute Gasteiger partial charge is 0.482 e. The standard InChI is InChI=1S/C27H29N3O6S/c1-3-5-12-35-22(31)17-29-15-20(14-28-29)16-30-21-11-13-37-25(21)23(27(33)34-4-2)24(26(30)32)36-18-19-9-7-6-8-10-19/h6-11,13-15H,3-5,12,16-18H2,1-2H3. The summed E-state index contributed by atoms with van der Waals surface area (Å²) in [6.45, 7) is 4.59. The number of rotatable bonds is 12. The van der Waals surface area contributed by atoms with Crippen LogP contribution in [0.4, 0.5) is 0 Å². The van der Waals surface area contributed by atoms with Crippen LogP contribution < -0.4 is 10.3 Å². The lowest BCUT2D eigenvalue weighted by molar-refractivity contribution is -0.144. The molecule has 3 aromatic heterocycles. The van der Waals surface area contributed by atoms with Gasteiger partial charge >= 0.3 is 11.9 Å². The minimum absolute atomic E-state index is 0.0142. The maximum absolute atomic E-state index is 13.7. The molecule has 0 aliphatic rings. The molecule has 0 aliphatic heterocycles. The molecule has 0 atom stereocenters. The third-order valence-corrected chi connectivity index (χ3v) is 6.53. The Morgan fingerprint density at radius 1 is 1.05 bits per heavy atom. The minimum atomic E-state index is -0.600. The van der Waals surface area contributed by atoms with Gasteiger partial charge in [-0.1, -0.05) is 43.7 Å². The van der Waals surface area contributed by atoms with E-state index in [-0.39, 0.29) is 43.6 Å². The lowest BCUT2D eigenvalue weighted by atomic mass is 10.2. The van der Waals surface area contributed by atoms with E-state index < -0.39 is 11.5 Å². The van der Waals surface area contributed by atoms with Crippen molar-refractivity contribution in [2.24, 2.45) is 0 Å². The number of benzene rings is 1. The second kappa shape index (κ2) is 12.4. The number of fused-ring (bicyclic) bond motifs is 1. The maximum Gasteiger partial charge on any atom is 0.343 e. The van der Waals surface area contributed by atoms with Crippen LogP contribution >= 0.6 is 11.3 Å². The van der Waals surface area contributed by atoms with E-state index in [0.29, 0.717) is 22.4 Å². The molecule has 0 saturated carbocycles. The quantitative estimate of drug-likeness (QED) is 0.200. The molecule has 10 heteroatoms. The molecule has 0 fully saturated rings. The molecule has 0 amide bonds. The molecule has 0 saturated heterocycles. The molecule has 0 aliphatic carbocycles. The summed E-state index contributed by atoms with van der Waals surface area (Å²) in [5.41, 5.74) is 1.86. The van der Waals surface area contributed by atoms with E-state index in [9.17, 15) is 14.4 Å². The van der Waals surface area contributed by atoms with Gasteiger partial charge in [0.1, 0.15) is 18.7 Å². The smallest absolute Gasteiger partial charge is 0.343 e. The van der Waals surface area contributed by atoms with Crippen molar-refractivity contribution in [3.63, 3.8) is 0 Å². The Labute approximate surface area is 218 Å². The highest BCUT2D eigenvalue weighted by molar-refractivity contribution is 7.17. The topological polar surface area (TPSA) is 102 Å². The van der Waals surface area contributed by atoms with E-state index in [1.165, 1.54) is 16.0 Å². The zero-order valence-corrected chi connectivity index (χ0v) is 21.7. The highest BCUT2D eigenvalue weighted by Gasteiger charge is 2.26. The van der Waals surface area contributed by atoms with Gasteiger partial charge in [0.05, 0.1) is 36.2 Å². The van der Waals surface area contributed by atoms with Crippen molar-refractivity contribution in [1.82, 2.24) is 14.3 Å². The van der Waals surface area contributed by atoms with Gasteiger partial charge in [0, 0.05) is 11.8 Å².